The Morgan fingerprint density at radius 1 is 1.33 bits per heavy atom. The van der Waals surface area contributed by atoms with Gasteiger partial charge in [0.2, 0.25) is 0 Å². The summed E-state index contributed by atoms with van der Waals surface area (Å²) in [5.41, 5.74) is 1.35. The van der Waals surface area contributed by atoms with E-state index in [1.165, 1.54) is 12.0 Å². The first kappa shape index (κ1) is 10.6. The Balaban J connectivity index is 2.69. The summed E-state index contributed by atoms with van der Waals surface area (Å²) in [5, 5.41) is 1.06. The molecule has 0 aliphatic rings. The number of halogens is 2. The minimum atomic E-state index is 1.02. The van der Waals surface area contributed by atoms with Crippen LogP contribution in [-0.4, -0.2) is 5.33 Å². The van der Waals surface area contributed by atoms with Gasteiger partial charge >= 0.3 is 0 Å². The molecule has 0 radical (unpaired) electrons. The van der Waals surface area contributed by atoms with Gasteiger partial charge in [0.25, 0.3) is 0 Å². The molecule has 12 heavy (non-hydrogen) atoms. The van der Waals surface area contributed by atoms with Crippen LogP contribution in [0.15, 0.2) is 27.6 Å². The number of alkyl halides is 1. The third-order valence-electron chi connectivity index (χ3n) is 1.61. The molecule has 0 amide bonds. The normalized spacial score (nSPS) is 10.2. The molecule has 0 fully saturated rings. The van der Waals surface area contributed by atoms with E-state index in [1.54, 1.807) is 0 Å². The second-order valence-electron chi connectivity index (χ2n) is 2.58. The van der Waals surface area contributed by atoms with Crippen molar-refractivity contribution in [2.45, 2.75) is 17.7 Å². The predicted octanol–water partition coefficient (Wildman–Crippen LogP) is 4.07. The molecule has 0 unspecified atom stereocenters. The molecular formula is C9H10Br2S. The number of thiol groups is 1. The molecule has 1 aromatic carbocycles. The molecular weight excluding hydrogens is 300 g/mol. The lowest BCUT2D eigenvalue weighted by Crippen LogP contribution is -1.86. The van der Waals surface area contributed by atoms with Crippen LogP contribution in [-0.2, 0) is 6.42 Å². The van der Waals surface area contributed by atoms with E-state index < -0.39 is 0 Å². The molecule has 0 heterocycles. The van der Waals surface area contributed by atoms with Gasteiger partial charge in [0.1, 0.15) is 0 Å². The van der Waals surface area contributed by atoms with Crippen LogP contribution >= 0.6 is 44.5 Å². The first-order valence-electron chi connectivity index (χ1n) is 3.77. The zero-order valence-electron chi connectivity index (χ0n) is 6.56. The summed E-state index contributed by atoms with van der Waals surface area (Å²) < 4.78 is 1.06. The van der Waals surface area contributed by atoms with E-state index in [9.17, 15) is 0 Å². The van der Waals surface area contributed by atoms with Gasteiger partial charge in [-0.15, -0.1) is 12.6 Å². The smallest absolute Gasteiger partial charge is 0.0308 e. The van der Waals surface area contributed by atoms with E-state index in [0.29, 0.717) is 0 Å². The van der Waals surface area contributed by atoms with E-state index >= 15 is 0 Å². The SMILES string of the molecule is Sc1cc(CCCBr)ccc1Br. The standard InChI is InChI=1S/C9H10Br2S/c10-5-1-2-7-3-4-8(11)9(12)6-7/h3-4,6,12H,1-2,5H2. The summed E-state index contributed by atoms with van der Waals surface area (Å²) in [4.78, 5) is 1.02. The highest BCUT2D eigenvalue weighted by atomic mass is 79.9. The second kappa shape index (κ2) is 5.30. The molecule has 0 nitrogen and oxygen atoms in total. The third kappa shape index (κ3) is 3.11. The van der Waals surface area contributed by atoms with Crippen LogP contribution in [0.2, 0.25) is 0 Å². The molecule has 3 heteroatoms. The number of hydrogen-bond donors (Lipinski definition) is 1. The van der Waals surface area contributed by atoms with Crippen LogP contribution in [0.5, 0.6) is 0 Å². The van der Waals surface area contributed by atoms with Crippen molar-refractivity contribution in [3.05, 3.63) is 28.2 Å². The maximum absolute atomic E-state index is 4.33. The molecule has 0 bridgehead atoms. The lowest BCUT2D eigenvalue weighted by molar-refractivity contribution is 0.934. The average Bonchev–Trinajstić information content (AvgIpc) is 2.07. The minimum absolute atomic E-state index is 1.02. The van der Waals surface area contributed by atoms with Crippen LogP contribution in [0.1, 0.15) is 12.0 Å². The number of hydrogen-bond acceptors (Lipinski definition) is 1. The zero-order chi connectivity index (χ0) is 8.97. The van der Waals surface area contributed by atoms with E-state index in [0.717, 1.165) is 21.1 Å². The Morgan fingerprint density at radius 3 is 2.67 bits per heavy atom. The molecule has 1 rings (SSSR count). The fourth-order valence-electron chi connectivity index (χ4n) is 0.985. The van der Waals surface area contributed by atoms with Crippen LogP contribution < -0.4 is 0 Å². The topological polar surface area (TPSA) is 0 Å². The fraction of sp³-hybridized carbons (Fsp3) is 0.333. The molecule has 0 spiro atoms. The van der Waals surface area contributed by atoms with Gasteiger partial charge in [0, 0.05) is 14.7 Å². The molecule has 0 saturated heterocycles. The summed E-state index contributed by atoms with van der Waals surface area (Å²) >= 11 is 11.2. The first-order valence-corrected chi connectivity index (χ1v) is 6.13. The van der Waals surface area contributed by atoms with Crippen LogP contribution in [0.25, 0.3) is 0 Å². The van der Waals surface area contributed by atoms with Gasteiger partial charge in [-0.25, -0.2) is 0 Å². The molecule has 0 atom stereocenters. The minimum Gasteiger partial charge on any atom is -0.142 e. The van der Waals surface area contributed by atoms with Gasteiger partial charge in [-0.05, 0) is 46.5 Å². The van der Waals surface area contributed by atoms with E-state index in [1.807, 2.05) is 6.07 Å². The Kier molecular flexibility index (Phi) is 4.69. The lowest BCUT2D eigenvalue weighted by atomic mass is 10.1. The van der Waals surface area contributed by atoms with Gasteiger partial charge < -0.3 is 0 Å². The highest BCUT2D eigenvalue weighted by Crippen LogP contribution is 2.22. The van der Waals surface area contributed by atoms with Crippen LogP contribution in [0, 0.1) is 0 Å². The summed E-state index contributed by atoms with van der Waals surface area (Å²) in [5.74, 6) is 0. The van der Waals surface area contributed by atoms with Gasteiger partial charge in [0.15, 0.2) is 0 Å². The second-order valence-corrected chi connectivity index (χ2v) is 4.71. The van der Waals surface area contributed by atoms with Crippen LogP contribution in [0.4, 0.5) is 0 Å². The molecule has 0 saturated carbocycles. The highest BCUT2D eigenvalue weighted by Gasteiger charge is 1.97. The number of rotatable bonds is 3. The molecule has 0 aliphatic heterocycles. The summed E-state index contributed by atoms with van der Waals surface area (Å²) in [6.45, 7) is 0. The Morgan fingerprint density at radius 2 is 2.08 bits per heavy atom. The van der Waals surface area contributed by atoms with Crippen molar-refractivity contribution in [1.82, 2.24) is 0 Å². The van der Waals surface area contributed by atoms with Gasteiger partial charge in [0.05, 0.1) is 0 Å². The predicted molar refractivity (Wildman–Crippen MR) is 63.5 cm³/mol. The monoisotopic (exact) mass is 308 g/mol. The van der Waals surface area contributed by atoms with Crippen molar-refractivity contribution in [2.75, 3.05) is 5.33 Å². The van der Waals surface area contributed by atoms with Crippen molar-refractivity contribution in [2.24, 2.45) is 0 Å². The Labute approximate surface area is 95.4 Å². The average molecular weight is 310 g/mol. The van der Waals surface area contributed by atoms with Crippen molar-refractivity contribution in [1.29, 1.82) is 0 Å². The van der Waals surface area contributed by atoms with Crippen molar-refractivity contribution < 1.29 is 0 Å². The molecule has 66 valence electrons. The van der Waals surface area contributed by atoms with Crippen LogP contribution in [0.3, 0.4) is 0 Å². The Bertz CT molecular complexity index is 261. The first-order chi connectivity index (χ1) is 5.74. The van der Waals surface area contributed by atoms with Crippen molar-refractivity contribution in [3.8, 4) is 0 Å². The highest BCUT2D eigenvalue weighted by molar-refractivity contribution is 9.10. The fourth-order valence-corrected chi connectivity index (χ4v) is 1.75. The van der Waals surface area contributed by atoms with E-state index in [2.05, 4.69) is 56.6 Å². The van der Waals surface area contributed by atoms with Gasteiger partial charge in [-0.1, -0.05) is 22.0 Å². The summed E-state index contributed by atoms with van der Waals surface area (Å²) in [7, 11) is 0. The maximum Gasteiger partial charge on any atom is 0.0308 e. The van der Waals surface area contributed by atoms with Gasteiger partial charge in [-0.2, -0.15) is 0 Å². The molecule has 0 aromatic heterocycles. The maximum atomic E-state index is 4.33. The number of aryl methyl sites for hydroxylation is 1. The van der Waals surface area contributed by atoms with Crippen molar-refractivity contribution >= 4 is 44.5 Å². The molecule has 0 N–H and O–H groups in total. The molecule has 0 aliphatic carbocycles. The summed E-state index contributed by atoms with van der Waals surface area (Å²) in [6, 6.07) is 6.29. The van der Waals surface area contributed by atoms with Gasteiger partial charge in [-0.3, -0.25) is 0 Å². The zero-order valence-corrected chi connectivity index (χ0v) is 10.6. The summed E-state index contributed by atoms with van der Waals surface area (Å²) in [6.07, 6.45) is 2.29. The number of benzene rings is 1. The van der Waals surface area contributed by atoms with E-state index in [-0.39, 0.29) is 0 Å². The quantitative estimate of drug-likeness (QED) is 0.631. The third-order valence-corrected chi connectivity index (χ3v) is 3.54. The van der Waals surface area contributed by atoms with E-state index in [4.69, 9.17) is 0 Å². The van der Waals surface area contributed by atoms with Crippen molar-refractivity contribution in [3.63, 3.8) is 0 Å². The molecule has 1 aromatic rings. The largest absolute Gasteiger partial charge is 0.142 e. The lowest BCUT2D eigenvalue weighted by Gasteiger charge is -2.01. The Hall–Kier alpha value is 0.530.